The van der Waals surface area contributed by atoms with Crippen molar-refractivity contribution in [2.75, 3.05) is 11.9 Å². The number of nitrogens with zero attached hydrogens (tertiary/aromatic N) is 1. The van der Waals surface area contributed by atoms with Gasteiger partial charge in [0.05, 0.1) is 11.6 Å². The van der Waals surface area contributed by atoms with Gasteiger partial charge in [-0.1, -0.05) is 23.8 Å². The van der Waals surface area contributed by atoms with E-state index in [1.54, 1.807) is 24.3 Å². The Kier molecular flexibility index (Phi) is 4.57. The summed E-state index contributed by atoms with van der Waals surface area (Å²) in [5, 5.41) is 11.6. The lowest BCUT2D eigenvalue weighted by Crippen LogP contribution is -2.20. The normalized spacial score (nSPS) is 9.76. The van der Waals surface area contributed by atoms with Crippen molar-refractivity contribution in [3.8, 4) is 11.8 Å². The van der Waals surface area contributed by atoms with E-state index in [0.717, 1.165) is 16.8 Å². The minimum absolute atomic E-state index is 0.0950. The number of carbonyl (C=O) groups excluding carboxylic acids is 1. The molecule has 0 unspecified atom stereocenters. The predicted octanol–water partition coefficient (Wildman–Crippen LogP) is 3.19. The van der Waals surface area contributed by atoms with E-state index < -0.39 is 0 Å². The number of anilines is 1. The van der Waals surface area contributed by atoms with Crippen molar-refractivity contribution >= 4 is 11.6 Å². The Labute approximate surface area is 124 Å². The first kappa shape index (κ1) is 14.6. The monoisotopic (exact) mass is 280 g/mol. The van der Waals surface area contributed by atoms with Crippen LogP contribution in [0.4, 0.5) is 5.69 Å². The Morgan fingerprint density at radius 3 is 2.76 bits per heavy atom. The quantitative estimate of drug-likeness (QED) is 0.935. The van der Waals surface area contributed by atoms with Gasteiger partial charge in [0.25, 0.3) is 5.91 Å². The van der Waals surface area contributed by atoms with E-state index >= 15 is 0 Å². The molecule has 106 valence electrons. The van der Waals surface area contributed by atoms with E-state index in [-0.39, 0.29) is 12.5 Å². The molecule has 2 aromatic rings. The summed E-state index contributed by atoms with van der Waals surface area (Å²) in [6, 6.07) is 14.6. The number of nitrogens with one attached hydrogen (secondary N) is 1. The number of ether oxygens (including phenoxy) is 1. The number of rotatable bonds is 4. The fourth-order valence-electron chi connectivity index (χ4n) is 1.94. The van der Waals surface area contributed by atoms with E-state index in [2.05, 4.69) is 5.32 Å². The first-order valence-electron chi connectivity index (χ1n) is 6.58. The molecule has 0 aliphatic heterocycles. The van der Waals surface area contributed by atoms with Crippen LogP contribution in [0.2, 0.25) is 0 Å². The molecule has 0 heterocycles. The van der Waals surface area contributed by atoms with Crippen LogP contribution in [0.5, 0.6) is 5.75 Å². The Bertz CT molecular complexity index is 702. The van der Waals surface area contributed by atoms with Crippen molar-refractivity contribution in [3.05, 3.63) is 59.2 Å². The van der Waals surface area contributed by atoms with Crippen LogP contribution in [0, 0.1) is 25.2 Å². The van der Waals surface area contributed by atoms with Crippen LogP contribution in [0.1, 0.15) is 16.7 Å². The van der Waals surface area contributed by atoms with Crippen molar-refractivity contribution in [2.45, 2.75) is 13.8 Å². The maximum Gasteiger partial charge on any atom is 0.262 e. The van der Waals surface area contributed by atoms with Crippen molar-refractivity contribution in [1.82, 2.24) is 0 Å². The highest BCUT2D eigenvalue weighted by Crippen LogP contribution is 2.16. The maximum atomic E-state index is 11.9. The largest absolute Gasteiger partial charge is 0.484 e. The van der Waals surface area contributed by atoms with E-state index in [1.807, 2.05) is 38.1 Å². The number of hydrogen-bond acceptors (Lipinski definition) is 3. The summed E-state index contributed by atoms with van der Waals surface area (Å²) in [5.74, 6) is 0.272. The SMILES string of the molecule is Cc1ccc(NC(=O)COc2cccc(C#N)c2)c(C)c1. The molecule has 0 aliphatic carbocycles. The molecule has 2 rings (SSSR count). The predicted molar refractivity (Wildman–Crippen MR) is 81.2 cm³/mol. The van der Waals surface area contributed by atoms with Gasteiger partial charge in [-0.25, -0.2) is 0 Å². The number of hydrogen-bond donors (Lipinski definition) is 1. The van der Waals surface area contributed by atoms with Crippen LogP contribution in [0.3, 0.4) is 0 Å². The molecule has 21 heavy (non-hydrogen) atoms. The Morgan fingerprint density at radius 1 is 1.24 bits per heavy atom. The minimum Gasteiger partial charge on any atom is -0.484 e. The van der Waals surface area contributed by atoms with Gasteiger partial charge in [-0.2, -0.15) is 5.26 Å². The molecule has 0 saturated carbocycles. The molecule has 0 bridgehead atoms. The number of nitriles is 1. The second-order valence-electron chi connectivity index (χ2n) is 4.79. The second kappa shape index (κ2) is 6.58. The first-order valence-corrected chi connectivity index (χ1v) is 6.58. The molecular formula is C17H16N2O2. The lowest BCUT2D eigenvalue weighted by atomic mass is 10.1. The molecule has 0 radical (unpaired) electrons. The maximum absolute atomic E-state index is 11.9. The Balaban J connectivity index is 1.94. The zero-order valence-electron chi connectivity index (χ0n) is 12.0. The van der Waals surface area contributed by atoms with Gasteiger partial charge in [-0.15, -0.1) is 0 Å². The molecule has 4 heteroatoms. The number of benzene rings is 2. The van der Waals surface area contributed by atoms with Gasteiger partial charge in [0.1, 0.15) is 5.75 Å². The fraction of sp³-hybridized carbons (Fsp3) is 0.176. The smallest absolute Gasteiger partial charge is 0.262 e. The summed E-state index contributed by atoms with van der Waals surface area (Å²) in [6.07, 6.45) is 0. The summed E-state index contributed by atoms with van der Waals surface area (Å²) in [6.45, 7) is 3.85. The Hall–Kier alpha value is -2.80. The van der Waals surface area contributed by atoms with Crippen molar-refractivity contribution in [2.24, 2.45) is 0 Å². The van der Waals surface area contributed by atoms with Gasteiger partial charge in [0.15, 0.2) is 6.61 Å². The lowest BCUT2D eigenvalue weighted by Gasteiger charge is -2.10. The van der Waals surface area contributed by atoms with Gasteiger partial charge in [-0.3, -0.25) is 4.79 Å². The summed E-state index contributed by atoms with van der Waals surface area (Å²) < 4.78 is 5.38. The van der Waals surface area contributed by atoms with Crippen LogP contribution in [0.25, 0.3) is 0 Å². The summed E-state index contributed by atoms with van der Waals surface area (Å²) in [7, 11) is 0. The molecule has 0 fully saturated rings. The summed E-state index contributed by atoms with van der Waals surface area (Å²) in [5.41, 5.74) is 3.44. The molecule has 2 aromatic carbocycles. The fourth-order valence-corrected chi connectivity index (χ4v) is 1.94. The number of aryl methyl sites for hydroxylation is 2. The highest BCUT2D eigenvalue weighted by atomic mass is 16.5. The molecule has 1 amide bonds. The van der Waals surface area contributed by atoms with E-state index in [1.165, 1.54) is 0 Å². The van der Waals surface area contributed by atoms with Gasteiger partial charge < -0.3 is 10.1 Å². The zero-order valence-corrected chi connectivity index (χ0v) is 12.0. The summed E-state index contributed by atoms with van der Waals surface area (Å²) in [4.78, 5) is 11.9. The Morgan fingerprint density at radius 2 is 2.05 bits per heavy atom. The molecule has 1 N–H and O–H groups in total. The summed E-state index contributed by atoms with van der Waals surface area (Å²) >= 11 is 0. The number of amides is 1. The average molecular weight is 280 g/mol. The van der Waals surface area contributed by atoms with Crippen molar-refractivity contribution in [3.63, 3.8) is 0 Å². The standard InChI is InChI=1S/C17H16N2O2/c1-12-6-7-16(13(2)8-12)19-17(20)11-21-15-5-3-4-14(9-15)10-18/h3-9H,11H2,1-2H3,(H,19,20). The van der Waals surface area contributed by atoms with Gasteiger partial charge in [-0.05, 0) is 43.7 Å². The number of carbonyl (C=O) groups is 1. The van der Waals surface area contributed by atoms with Crippen LogP contribution in [-0.2, 0) is 4.79 Å². The average Bonchev–Trinajstić information content (AvgIpc) is 2.48. The molecule has 0 atom stereocenters. The topological polar surface area (TPSA) is 62.1 Å². The van der Waals surface area contributed by atoms with Crippen LogP contribution < -0.4 is 10.1 Å². The van der Waals surface area contributed by atoms with Crippen molar-refractivity contribution < 1.29 is 9.53 Å². The highest BCUT2D eigenvalue weighted by molar-refractivity contribution is 5.92. The third kappa shape index (κ3) is 4.08. The molecule has 0 spiro atoms. The third-order valence-electron chi connectivity index (χ3n) is 2.99. The first-order chi connectivity index (χ1) is 10.1. The third-order valence-corrected chi connectivity index (χ3v) is 2.99. The molecular weight excluding hydrogens is 264 g/mol. The van der Waals surface area contributed by atoms with E-state index in [0.29, 0.717) is 11.3 Å². The van der Waals surface area contributed by atoms with Gasteiger partial charge >= 0.3 is 0 Å². The van der Waals surface area contributed by atoms with Gasteiger partial charge in [0, 0.05) is 5.69 Å². The molecule has 0 aliphatic rings. The minimum atomic E-state index is -0.232. The zero-order chi connectivity index (χ0) is 15.2. The van der Waals surface area contributed by atoms with E-state index in [4.69, 9.17) is 10.00 Å². The van der Waals surface area contributed by atoms with Crippen molar-refractivity contribution in [1.29, 1.82) is 5.26 Å². The van der Waals surface area contributed by atoms with Gasteiger partial charge in [0.2, 0.25) is 0 Å². The molecule has 4 nitrogen and oxygen atoms in total. The highest BCUT2D eigenvalue weighted by Gasteiger charge is 2.06. The lowest BCUT2D eigenvalue weighted by molar-refractivity contribution is -0.118. The molecule has 0 saturated heterocycles. The van der Waals surface area contributed by atoms with Crippen LogP contribution in [-0.4, -0.2) is 12.5 Å². The second-order valence-corrected chi connectivity index (χ2v) is 4.79. The van der Waals surface area contributed by atoms with E-state index in [9.17, 15) is 4.79 Å². The van der Waals surface area contributed by atoms with Crippen LogP contribution in [0.15, 0.2) is 42.5 Å². The van der Waals surface area contributed by atoms with Crippen LogP contribution >= 0.6 is 0 Å². The molecule has 0 aromatic heterocycles.